The lowest BCUT2D eigenvalue weighted by molar-refractivity contribution is 0.102. The van der Waals surface area contributed by atoms with Crippen molar-refractivity contribution in [2.45, 2.75) is 20.3 Å². The van der Waals surface area contributed by atoms with Crippen LogP contribution in [0.3, 0.4) is 0 Å². The molecular formula is C23H27N3O4. The normalized spacial score (nSPS) is 10.7. The number of hydrogen-bond acceptors (Lipinski definition) is 5. The highest BCUT2D eigenvalue weighted by molar-refractivity contribution is 6.08. The van der Waals surface area contributed by atoms with Gasteiger partial charge in [-0.05, 0) is 42.7 Å². The molecule has 0 aliphatic heterocycles. The molecule has 3 aromatic rings. The number of benzene rings is 2. The Morgan fingerprint density at radius 2 is 1.70 bits per heavy atom. The minimum atomic E-state index is -0.263. The Balaban J connectivity index is 2.04. The minimum absolute atomic E-state index is 0.263. The zero-order chi connectivity index (χ0) is 21.7. The molecule has 1 heterocycles. The van der Waals surface area contributed by atoms with Crippen LogP contribution in [-0.2, 0) is 6.42 Å². The van der Waals surface area contributed by atoms with Crippen LogP contribution in [-0.4, -0.2) is 37.4 Å². The van der Waals surface area contributed by atoms with Gasteiger partial charge in [0.05, 0.1) is 38.3 Å². The maximum Gasteiger partial charge on any atom is 0.259 e. The standard InChI is InChI=1S/C23H27N3O4/c1-14(2)12-17-22(24-23(27)16-8-6-7-9-18(16)28-3)21(26-25-17)15-10-11-19(29-4)20(13-15)30-5/h6-11,13-14H,12H2,1-5H3,(H,24,27)(H,25,26). The highest BCUT2D eigenvalue weighted by atomic mass is 16.5. The summed E-state index contributed by atoms with van der Waals surface area (Å²) in [7, 11) is 4.72. The third kappa shape index (κ3) is 4.40. The second-order valence-electron chi connectivity index (χ2n) is 7.25. The number of aromatic nitrogens is 2. The summed E-state index contributed by atoms with van der Waals surface area (Å²) in [6.45, 7) is 4.23. The molecule has 30 heavy (non-hydrogen) atoms. The van der Waals surface area contributed by atoms with E-state index in [0.29, 0.717) is 40.1 Å². The number of methoxy groups -OCH3 is 3. The molecule has 2 N–H and O–H groups in total. The Labute approximate surface area is 176 Å². The number of anilines is 1. The molecule has 0 radical (unpaired) electrons. The molecule has 0 aliphatic rings. The first-order chi connectivity index (χ1) is 14.5. The fourth-order valence-electron chi connectivity index (χ4n) is 3.27. The summed E-state index contributed by atoms with van der Waals surface area (Å²) in [6, 6.07) is 12.7. The van der Waals surface area contributed by atoms with Crippen molar-refractivity contribution in [3.8, 4) is 28.5 Å². The van der Waals surface area contributed by atoms with E-state index in [9.17, 15) is 4.79 Å². The van der Waals surface area contributed by atoms with Crippen LogP contribution in [0.25, 0.3) is 11.3 Å². The molecule has 7 nitrogen and oxygen atoms in total. The third-order valence-corrected chi connectivity index (χ3v) is 4.70. The summed E-state index contributed by atoms with van der Waals surface area (Å²) in [5.74, 6) is 1.84. The van der Waals surface area contributed by atoms with E-state index in [1.165, 1.54) is 0 Å². The lowest BCUT2D eigenvalue weighted by atomic mass is 10.0. The van der Waals surface area contributed by atoms with E-state index in [0.717, 1.165) is 17.7 Å². The molecular weight excluding hydrogens is 382 g/mol. The summed E-state index contributed by atoms with van der Waals surface area (Å²) in [4.78, 5) is 13.1. The SMILES string of the molecule is COc1ccc(-c2n[nH]c(CC(C)C)c2NC(=O)c2ccccc2OC)cc1OC. The Kier molecular flexibility index (Phi) is 6.61. The zero-order valence-electron chi connectivity index (χ0n) is 17.9. The number of para-hydroxylation sites is 1. The molecule has 1 amide bonds. The summed E-state index contributed by atoms with van der Waals surface area (Å²) < 4.78 is 16.1. The number of H-pyrrole nitrogens is 1. The second-order valence-corrected chi connectivity index (χ2v) is 7.25. The topological polar surface area (TPSA) is 85.5 Å². The van der Waals surface area contributed by atoms with Crippen molar-refractivity contribution in [2.24, 2.45) is 5.92 Å². The molecule has 0 unspecified atom stereocenters. The lowest BCUT2D eigenvalue weighted by Gasteiger charge is -2.13. The first kappa shape index (κ1) is 21.2. The maximum absolute atomic E-state index is 13.1. The van der Waals surface area contributed by atoms with Crippen LogP contribution in [0.4, 0.5) is 5.69 Å². The molecule has 0 fully saturated rings. The Morgan fingerprint density at radius 1 is 1.00 bits per heavy atom. The highest BCUT2D eigenvalue weighted by Crippen LogP contribution is 2.36. The van der Waals surface area contributed by atoms with Gasteiger partial charge in [0.1, 0.15) is 11.4 Å². The fraction of sp³-hybridized carbons (Fsp3) is 0.304. The van der Waals surface area contributed by atoms with Crippen LogP contribution < -0.4 is 19.5 Å². The summed E-state index contributed by atoms with van der Waals surface area (Å²) in [6.07, 6.45) is 0.738. The molecule has 0 bridgehead atoms. The van der Waals surface area contributed by atoms with Crippen molar-refractivity contribution < 1.29 is 19.0 Å². The number of rotatable bonds is 8. The molecule has 158 valence electrons. The van der Waals surface area contributed by atoms with Gasteiger partial charge in [-0.2, -0.15) is 5.10 Å². The van der Waals surface area contributed by atoms with Gasteiger partial charge in [-0.15, -0.1) is 0 Å². The van der Waals surface area contributed by atoms with Crippen molar-refractivity contribution >= 4 is 11.6 Å². The fourth-order valence-corrected chi connectivity index (χ4v) is 3.27. The smallest absolute Gasteiger partial charge is 0.259 e. The highest BCUT2D eigenvalue weighted by Gasteiger charge is 2.21. The quantitative estimate of drug-likeness (QED) is 0.570. The van der Waals surface area contributed by atoms with E-state index in [2.05, 4.69) is 29.4 Å². The molecule has 7 heteroatoms. The van der Waals surface area contributed by atoms with Crippen LogP contribution in [0.2, 0.25) is 0 Å². The van der Waals surface area contributed by atoms with E-state index in [1.54, 1.807) is 39.5 Å². The van der Waals surface area contributed by atoms with Crippen LogP contribution >= 0.6 is 0 Å². The van der Waals surface area contributed by atoms with E-state index < -0.39 is 0 Å². The lowest BCUT2D eigenvalue weighted by Crippen LogP contribution is -2.15. The number of amides is 1. The van der Waals surface area contributed by atoms with Gasteiger partial charge < -0.3 is 19.5 Å². The van der Waals surface area contributed by atoms with Gasteiger partial charge in [0.2, 0.25) is 0 Å². The summed E-state index contributed by atoms with van der Waals surface area (Å²) >= 11 is 0. The van der Waals surface area contributed by atoms with E-state index in [-0.39, 0.29) is 5.91 Å². The molecule has 0 saturated carbocycles. The summed E-state index contributed by atoms with van der Waals surface area (Å²) in [5.41, 5.74) is 3.39. The van der Waals surface area contributed by atoms with Gasteiger partial charge in [-0.1, -0.05) is 26.0 Å². The molecule has 0 atom stereocenters. The Morgan fingerprint density at radius 3 is 2.37 bits per heavy atom. The molecule has 0 saturated heterocycles. The van der Waals surface area contributed by atoms with Crippen molar-refractivity contribution in [3.63, 3.8) is 0 Å². The molecule has 0 aliphatic carbocycles. The maximum atomic E-state index is 13.1. The number of hydrogen-bond donors (Lipinski definition) is 2. The minimum Gasteiger partial charge on any atom is -0.496 e. The monoisotopic (exact) mass is 409 g/mol. The molecule has 1 aromatic heterocycles. The van der Waals surface area contributed by atoms with Crippen LogP contribution in [0.1, 0.15) is 29.9 Å². The van der Waals surface area contributed by atoms with Crippen molar-refractivity contribution in [3.05, 3.63) is 53.7 Å². The average molecular weight is 409 g/mol. The van der Waals surface area contributed by atoms with E-state index in [4.69, 9.17) is 14.2 Å². The van der Waals surface area contributed by atoms with Gasteiger partial charge in [-0.25, -0.2) is 0 Å². The number of nitrogens with one attached hydrogen (secondary N) is 2. The number of carbonyl (C=O) groups is 1. The van der Waals surface area contributed by atoms with Gasteiger partial charge in [0.15, 0.2) is 11.5 Å². The second kappa shape index (κ2) is 9.35. The van der Waals surface area contributed by atoms with Crippen LogP contribution in [0.5, 0.6) is 17.2 Å². The number of carbonyl (C=O) groups excluding carboxylic acids is 1. The van der Waals surface area contributed by atoms with Crippen molar-refractivity contribution in [2.75, 3.05) is 26.6 Å². The van der Waals surface area contributed by atoms with Crippen molar-refractivity contribution in [1.29, 1.82) is 0 Å². The van der Waals surface area contributed by atoms with Gasteiger partial charge in [0, 0.05) is 5.56 Å². The predicted molar refractivity (Wildman–Crippen MR) is 117 cm³/mol. The number of aromatic amines is 1. The summed E-state index contributed by atoms with van der Waals surface area (Å²) in [5, 5.41) is 10.6. The number of ether oxygens (including phenoxy) is 3. The third-order valence-electron chi connectivity index (χ3n) is 4.70. The van der Waals surface area contributed by atoms with E-state index >= 15 is 0 Å². The van der Waals surface area contributed by atoms with Gasteiger partial charge in [0.25, 0.3) is 5.91 Å². The van der Waals surface area contributed by atoms with E-state index in [1.807, 2.05) is 24.3 Å². The first-order valence-electron chi connectivity index (χ1n) is 9.72. The van der Waals surface area contributed by atoms with Gasteiger partial charge >= 0.3 is 0 Å². The average Bonchev–Trinajstić information content (AvgIpc) is 3.14. The Hall–Kier alpha value is -3.48. The number of nitrogens with zero attached hydrogens (tertiary/aromatic N) is 1. The predicted octanol–water partition coefficient (Wildman–Crippen LogP) is 4.55. The largest absolute Gasteiger partial charge is 0.496 e. The molecule has 0 spiro atoms. The zero-order valence-corrected chi connectivity index (χ0v) is 17.9. The van der Waals surface area contributed by atoms with Crippen molar-refractivity contribution in [1.82, 2.24) is 10.2 Å². The van der Waals surface area contributed by atoms with Crippen LogP contribution in [0, 0.1) is 5.92 Å². The molecule has 2 aromatic carbocycles. The molecule has 3 rings (SSSR count). The Bertz CT molecular complexity index is 1030. The first-order valence-corrected chi connectivity index (χ1v) is 9.72. The van der Waals surface area contributed by atoms with Gasteiger partial charge in [-0.3, -0.25) is 9.89 Å². The van der Waals surface area contributed by atoms with Crippen LogP contribution in [0.15, 0.2) is 42.5 Å².